The van der Waals surface area contributed by atoms with E-state index in [2.05, 4.69) is 0 Å². The molecular weight excluding hydrogens is 263 g/mol. The van der Waals surface area contributed by atoms with E-state index < -0.39 is 35.8 Å². The second-order valence-electron chi connectivity index (χ2n) is 5.39. The van der Waals surface area contributed by atoms with E-state index in [1.165, 1.54) is 4.90 Å². The average Bonchev–Trinajstić information content (AvgIpc) is 2.28. The molecule has 19 heavy (non-hydrogen) atoms. The number of likely N-dealkylation sites (tertiary alicyclic amines) is 1. The van der Waals surface area contributed by atoms with Crippen LogP contribution < -0.4 is 0 Å². The molecule has 1 fully saturated rings. The van der Waals surface area contributed by atoms with Crippen molar-refractivity contribution in [2.24, 2.45) is 11.3 Å². The number of nitrogens with zero attached hydrogens (tertiary/aromatic N) is 1. The number of hydrogen-bond acceptors (Lipinski definition) is 2. The van der Waals surface area contributed by atoms with Crippen LogP contribution in [0.15, 0.2) is 0 Å². The SMILES string of the molecule is CC(CC(=O)N1CCC(C)(C(=O)O)CC1)C(F)(F)F. The maximum Gasteiger partial charge on any atom is 0.392 e. The molecule has 1 heterocycles. The van der Waals surface area contributed by atoms with Crippen LogP contribution in [0.3, 0.4) is 0 Å². The van der Waals surface area contributed by atoms with Gasteiger partial charge in [0.15, 0.2) is 0 Å². The van der Waals surface area contributed by atoms with Crippen LogP contribution in [0.25, 0.3) is 0 Å². The third kappa shape index (κ3) is 3.84. The Balaban J connectivity index is 2.52. The molecule has 110 valence electrons. The molecule has 0 aromatic rings. The van der Waals surface area contributed by atoms with E-state index in [1.54, 1.807) is 6.92 Å². The number of alkyl halides is 3. The molecule has 0 bridgehead atoms. The summed E-state index contributed by atoms with van der Waals surface area (Å²) < 4.78 is 37.1. The van der Waals surface area contributed by atoms with Gasteiger partial charge in [0.05, 0.1) is 11.3 Å². The Bertz CT molecular complexity index is 360. The van der Waals surface area contributed by atoms with Crippen molar-refractivity contribution < 1.29 is 27.9 Å². The zero-order valence-electron chi connectivity index (χ0n) is 11.0. The molecule has 1 atom stereocenters. The molecule has 1 amide bonds. The van der Waals surface area contributed by atoms with Gasteiger partial charge in [-0.25, -0.2) is 0 Å². The van der Waals surface area contributed by atoms with Gasteiger partial charge in [0.1, 0.15) is 0 Å². The third-order valence-electron chi connectivity index (χ3n) is 3.78. The predicted molar refractivity (Wildman–Crippen MR) is 61.4 cm³/mol. The number of carbonyl (C=O) groups is 2. The normalized spacial score (nSPS) is 21.0. The standard InChI is InChI=1S/C12H18F3NO3/c1-8(12(13,14)15)7-9(17)16-5-3-11(2,4-6-16)10(18)19/h8H,3-7H2,1-2H3,(H,18,19). The van der Waals surface area contributed by atoms with Gasteiger partial charge in [0, 0.05) is 19.5 Å². The zero-order chi connectivity index (χ0) is 14.8. The average molecular weight is 281 g/mol. The fourth-order valence-electron chi connectivity index (χ4n) is 1.97. The molecule has 1 aliphatic rings. The minimum absolute atomic E-state index is 0.201. The first-order valence-electron chi connectivity index (χ1n) is 6.14. The highest BCUT2D eigenvalue weighted by Crippen LogP contribution is 2.33. The van der Waals surface area contributed by atoms with Crippen LogP contribution in [-0.4, -0.2) is 41.1 Å². The highest BCUT2D eigenvalue weighted by molar-refractivity contribution is 5.78. The highest BCUT2D eigenvalue weighted by atomic mass is 19.4. The number of rotatable bonds is 3. The van der Waals surface area contributed by atoms with Gasteiger partial charge < -0.3 is 10.0 Å². The molecule has 0 saturated carbocycles. The maximum absolute atomic E-state index is 12.4. The van der Waals surface area contributed by atoms with E-state index in [-0.39, 0.29) is 25.9 Å². The lowest BCUT2D eigenvalue weighted by Gasteiger charge is -2.36. The molecule has 1 saturated heterocycles. The Kier molecular flexibility index (Phi) is 4.47. The van der Waals surface area contributed by atoms with Crippen LogP contribution in [0.1, 0.15) is 33.1 Å². The van der Waals surface area contributed by atoms with Gasteiger partial charge in [-0.3, -0.25) is 9.59 Å². The van der Waals surface area contributed by atoms with Crippen molar-refractivity contribution in [1.82, 2.24) is 4.90 Å². The lowest BCUT2D eigenvalue weighted by atomic mass is 9.80. The Hall–Kier alpha value is -1.27. The van der Waals surface area contributed by atoms with Gasteiger partial charge in [-0.2, -0.15) is 13.2 Å². The second kappa shape index (κ2) is 5.38. The van der Waals surface area contributed by atoms with Gasteiger partial charge in [-0.05, 0) is 19.8 Å². The summed E-state index contributed by atoms with van der Waals surface area (Å²) in [5.41, 5.74) is -0.883. The molecule has 1 N–H and O–H groups in total. The van der Waals surface area contributed by atoms with Crippen molar-refractivity contribution in [3.8, 4) is 0 Å². The number of halogens is 3. The number of amides is 1. The van der Waals surface area contributed by atoms with Crippen molar-refractivity contribution in [2.45, 2.75) is 39.3 Å². The van der Waals surface area contributed by atoms with E-state index in [0.717, 1.165) is 6.92 Å². The molecule has 1 unspecified atom stereocenters. The number of carboxylic acid groups (broad SMARTS) is 1. The van der Waals surface area contributed by atoms with Gasteiger partial charge in [-0.15, -0.1) is 0 Å². The third-order valence-corrected chi connectivity index (χ3v) is 3.78. The number of hydrogen-bond donors (Lipinski definition) is 1. The predicted octanol–water partition coefficient (Wildman–Crippen LogP) is 2.29. The molecule has 0 aliphatic carbocycles. The molecule has 1 rings (SSSR count). The Labute approximate surface area is 109 Å². The first-order valence-corrected chi connectivity index (χ1v) is 6.14. The zero-order valence-corrected chi connectivity index (χ0v) is 11.0. The Morgan fingerprint density at radius 1 is 1.32 bits per heavy atom. The largest absolute Gasteiger partial charge is 0.481 e. The van der Waals surface area contributed by atoms with Crippen molar-refractivity contribution in [2.75, 3.05) is 13.1 Å². The molecule has 0 spiro atoms. The van der Waals surface area contributed by atoms with E-state index in [0.29, 0.717) is 0 Å². The van der Waals surface area contributed by atoms with Gasteiger partial charge in [-0.1, -0.05) is 6.92 Å². The Morgan fingerprint density at radius 2 is 1.79 bits per heavy atom. The minimum atomic E-state index is -4.37. The smallest absolute Gasteiger partial charge is 0.392 e. The first-order chi connectivity index (χ1) is 8.56. The summed E-state index contributed by atoms with van der Waals surface area (Å²) in [6.45, 7) is 2.97. The molecular formula is C12H18F3NO3. The van der Waals surface area contributed by atoms with Gasteiger partial charge in [0.2, 0.25) is 5.91 Å². The molecule has 0 aromatic carbocycles. The fraction of sp³-hybridized carbons (Fsp3) is 0.833. The van der Waals surface area contributed by atoms with E-state index in [9.17, 15) is 22.8 Å². The van der Waals surface area contributed by atoms with Crippen LogP contribution >= 0.6 is 0 Å². The quantitative estimate of drug-likeness (QED) is 0.863. The fourth-order valence-corrected chi connectivity index (χ4v) is 1.97. The summed E-state index contributed by atoms with van der Waals surface area (Å²) in [5.74, 6) is -3.16. The second-order valence-corrected chi connectivity index (χ2v) is 5.39. The van der Waals surface area contributed by atoms with Crippen LogP contribution in [0, 0.1) is 11.3 Å². The lowest BCUT2D eigenvalue weighted by Crippen LogP contribution is -2.45. The van der Waals surface area contributed by atoms with E-state index in [1.807, 2.05) is 0 Å². The van der Waals surface area contributed by atoms with Crippen LogP contribution in [-0.2, 0) is 9.59 Å². The van der Waals surface area contributed by atoms with Crippen LogP contribution in [0.4, 0.5) is 13.2 Å². The summed E-state index contributed by atoms with van der Waals surface area (Å²) >= 11 is 0. The van der Waals surface area contributed by atoms with E-state index >= 15 is 0 Å². The molecule has 7 heteroatoms. The molecule has 0 aromatic heterocycles. The highest BCUT2D eigenvalue weighted by Gasteiger charge is 2.41. The number of carbonyl (C=O) groups excluding carboxylic acids is 1. The monoisotopic (exact) mass is 281 g/mol. The van der Waals surface area contributed by atoms with Crippen molar-refractivity contribution >= 4 is 11.9 Å². The van der Waals surface area contributed by atoms with E-state index in [4.69, 9.17) is 5.11 Å². The van der Waals surface area contributed by atoms with Crippen molar-refractivity contribution in [3.63, 3.8) is 0 Å². The van der Waals surface area contributed by atoms with Crippen molar-refractivity contribution in [3.05, 3.63) is 0 Å². The Morgan fingerprint density at radius 3 is 2.16 bits per heavy atom. The molecule has 1 aliphatic heterocycles. The summed E-state index contributed by atoms with van der Waals surface area (Å²) in [6.07, 6.45) is -4.41. The van der Waals surface area contributed by atoms with Gasteiger partial charge in [0.25, 0.3) is 0 Å². The van der Waals surface area contributed by atoms with Gasteiger partial charge >= 0.3 is 12.1 Å². The lowest BCUT2D eigenvalue weighted by molar-refractivity contribution is -0.177. The summed E-state index contributed by atoms with van der Waals surface area (Å²) in [7, 11) is 0. The number of aliphatic carboxylic acids is 1. The maximum atomic E-state index is 12.4. The van der Waals surface area contributed by atoms with Crippen LogP contribution in [0.5, 0.6) is 0 Å². The van der Waals surface area contributed by atoms with Crippen molar-refractivity contribution in [1.29, 1.82) is 0 Å². The topological polar surface area (TPSA) is 57.6 Å². The number of piperidine rings is 1. The summed E-state index contributed by atoms with van der Waals surface area (Å²) in [5, 5.41) is 9.02. The first kappa shape index (κ1) is 15.8. The molecule has 0 radical (unpaired) electrons. The summed E-state index contributed by atoms with van der Waals surface area (Å²) in [4.78, 5) is 24.1. The minimum Gasteiger partial charge on any atom is -0.481 e. The molecule has 4 nitrogen and oxygen atoms in total. The number of carboxylic acids is 1. The summed E-state index contributed by atoms with van der Waals surface area (Å²) in [6, 6.07) is 0. The van der Waals surface area contributed by atoms with Crippen LogP contribution in [0.2, 0.25) is 0 Å².